The third-order valence-electron chi connectivity index (χ3n) is 2.69. The van der Waals surface area contributed by atoms with Crippen molar-refractivity contribution in [3.63, 3.8) is 0 Å². The van der Waals surface area contributed by atoms with Crippen molar-refractivity contribution in [2.45, 2.75) is 51.6 Å². The smallest absolute Gasteiger partial charge is 0.132 e. The van der Waals surface area contributed by atoms with Gasteiger partial charge in [0.2, 0.25) is 0 Å². The zero-order valence-electron chi connectivity index (χ0n) is 7.75. The van der Waals surface area contributed by atoms with Gasteiger partial charge in [-0.05, 0) is 25.7 Å². The Kier molecular flexibility index (Phi) is 3.73. The van der Waals surface area contributed by atoms with Crippen LogP contribution in [0.25, 0.3) is 0 Å². The number of carbonyl (C=O) groups is 1. The van der Waals surface area contributed by atoms with E-state index in [9.17, 15) is 9.90 Å². The molecule has 0 aromatic rings. The van der Waals surface area contributed by atoms with Gasteiger partial charge in [0.05, 0.1) is 6.10 Å². The highest BCUT2D eigenvalue weighted by atomic mass is 16.3. The minimum atomic E-state index is -0.372. The second-order valence-electron chi connectivity index (χ2n) is 3.87. The van der Waals surface area contributed by atoms with E-state index in [2.05, 4.69) is 0 Å². The molecular weight excluding hydrogens is 152 g/mol. The van der Waals surface area contributed by atoms with Crippen LogP contribution in [0.4, 0.5) is 0 Å². The van der Waals surface area contributed by atoms with Crippen LogP contribution in [0.3, 0.4) is 0 Å². The lowest BCUT2D eigenvalue weighted by Crippen LogP contribution is -2.24. The predicted octanol–water partition coefficient (Wildman–Crippen LogP) is 1.91. The molecule has 1 aliphatic carbocycles. The van der Waals surface area contributed by atoms with Gasteiger partial charge >= 0.3 is 0 Å². The van der Waals surface area contributed by atoms with E-state index in [1.54, 1.807) is 6.92 Å². The quantitative estimate of drug-likeness (QED) is 0.702. The van der Waals surface area contributed by atoms with Gasteiger partial charge in [-0.15, -0.1) is 0 Å². The van der Waals surface area contributed by atoms with Gasteiger partial charge in [-0.1, -0.05) is 19.3 Å². The molecule has 1 rings (SSSR count). The number of ketones is 1. The van der Waals surface area contributed by atoms with Gasteiger partial charge in [-0.25, -0.2) is 0 Å². The zero-order valence-corrected chi connectivity index (χ0v) is 7.75. The molecule has 1 fully saturated rings. The molecule has 1 aliphatic rings. The summed E-state index contributed by atoms with van der Waals surface area (Å²) in [5, 5.41) is 9.62. The summed E-state index contributed by atoms with van der Waals surface area (Å²) in [7, 11) is 0. The Bertz CT molecular complexity index is 148. The zero-order chi connectivity index (χ0) is 8.97. The van der Waals surface area contributed by atoms with E-state index >= 15 is 0 Å². The first kappa shape index (κ1) is 9.72. The van der Waals surface area contributed by atoms with Gasteiger partial charge < -0.3 is 5.11 Å². The van der Waals surface area contributed by atoms with Crippen LogP contribution in [0, 0.1) is 5.92 Å². The van der Waals surface area contributed by atoms with Crippen molar-refractivity contribution >= 4 is 5.78 Å². The lowest BCUT2D eigenvalue weighted by atomic mass is 9.84. The van der Waals surface area contributed by atoms with Gasteiger partial charge in [-0.3, -0.25) is 4.79 Å². The van der Waals surface area contributed by atoms with Crippen molar-refractivity contribution in [2.24, 2.45) is 5.92 Å². The summed E-state index contributed by atoms with van der Waals surface area (Å²) in [5.74, 6) is 0.496. The van der Waals surface area contributed by atoms with Crippen LogP contribution in [-0.2, 0) is 4.79 Å². The molecule has 0 amide bonds. The normalized spacial score (nSPS) is 22.2. The molecule has 2 nitrogen and oxygen atoms in total. The first-order valence-corrected chi connectivity index (χ1v) is 4.87. The number of aliphatic hydroxyl groups excluding tert-OH is 1. The Labute approximate surface area is 74.0 Å². The van der Waals surface area contributed by atoms with Gasteiger partial charge in [0, 0.05) is 6.42 Å². The summed E-state index contributed by atoms with van der Waals surface area (Å²) < 4.78 is 0. The molecule has 0 radical (unpaired) electrons. The number of Topliss-reactive ketones (excluding diaryl/α,β-unsaturated/α-hetero) is 1. The van der Waals surface area contributed by atoms with Gasteiger partial charge in [0.1, 0.15) is 5.78 Å². The molecule has 0 unspecified atom stereocenters. The van der Waals surface area contributed by atoms with Crippen molar-refractivity contribution in [3.8, 4) is 0 Å². The first-order valence-electron chi connectivity index (χ1n) is 4.87. The maximum atomic E-state index is 10.7. The van der Waals surface area contributed by atoms with Crippen LogP contribution < -0.4 is 0 Å². The molecule has 0 heterocycles. The van der Waals surface area contributed by atoms with Crippen molar-refractivity contribution in [2.75, 3.05) is 0 Å². The van der Waals surface area contributed by atoms with Crippen molar-refractivity contribution < 1.29 is 9.90 Å². The van der Waals surface area contributed by atoms with Crippen LogP contribution in [-0.4, -0.2) is 17.0 Å². The van der Waals surface area contributed by atoms with Crippen molar-refractivity contribution in [3.05, 3.63) is 0 Å². The molecule has 0 aromatic carbocycles. The van der Waals surface area contributed by atoms with Crippen LogP contribution in [0.15, 0.2) is 0 Å². The van der Waals surface area contributed by atoms with Gasteiger partial charge in [0.25, 0.3) is 0 Å². The van der Waals surface area contributed by atoms with E-state index in [1.807, 2.05) is 0 Å². The van der Waals surface area contributed by atoms with E-state index in [0.717, 1.165) is 12.8 Å². The molecule has 0 bridgehead atoms. The Morgan fingerprint density at radius 1 is 1.42 bits per heavy atom. The summed E-state index contributed by atoms with van der Waals surface area (Å²) >= 11 is 0. The SMILES string of the molecule is CC(=O)C[C@@H](O)C1CCCCC1. The highest BCUT2D eigenvalue weighted by Crippen LogP contribution is 2.27. The molecule has 1 atom stereocenters. The Hall–Kier alpha value is -0.370. The Morgan fingerprint density at radius 3 is 2.50 bits per heavy atom. The summed E-state index contributed by atoms with van der Waals surface area (Å²) in [6.07, 6.45) is 5.93. The fraction of sp³-hybridized carbons (Fsp3) is 0.900. The van der Waals surface area contributed by atoms with Gasteiger partial charge in [-0.2, -0.15) is 0 Å². The van der Waals surface area contributed by atoms with Crippen LogP contribution in [0.5, 0.6) is 0 Å². The monoisotopic (exact) mass is 170 g/mol. The highest BCUT2D eigenvalue weighted by molar-refractivity contribution is 5.75. The number of hydrogen-bond donors (Lipinski definition) is 1. The summed E-state index contributed by atoms with van der Waals surface area (Å²) in [6, 6.07) is 0. The maximum Gasteiger partial charge on any atom is 0.132 e. The third kappa shape index (κ3) is 2.94. The molecule has 12 heavy (non-hydrogen) atoms. The van der Waals surface area contributed by atoms with E-state index in [1.165, 1.54) is 19.3 Å². The second kappa shape index (κ2) is 4.61. The van der Waals surface area contributed by atoms with Crippen LogP contribution in [0.2, 0.25) is 0 Å². The van der Waals surface area contributed by atoms with Crippen LogP contribution in [0.1, 0.15) is 45.4 Å². The predicted molar refractivity (Wildman–Crippen MR) is 47.9 cm³/mol. The van der Waals surface area contributed by atoms with E-state index in [0.29, 0.717) is 12.3 Å². The average Bonchev–Trinajstić information content (AvgIpc) is 2.05. The molecule has 0 saturated heterocycles. The molecule has 1 N–H and O–H groups in total. The van der Waals surface area contributed by atoms with E-state index in [-0.39, 0.29) is 11.9 Å². The molecule has 70 valence electrons. The molecule has 2 heteroatoms. The highest BCUT2D eigenvalue weighted by Gasteiger charge is 2.22. The van der Waals surface area contributed by atoms with E-state index in [4.69, 9.17) is 0 Å². The number of hydrogen-bond acceptors (Lipinski definition) is 2. The van der Waals surface area contributed by atoms with Crippen molar-refractivity contribution in [1.29, 1.82) is 0 Å². The summed E-state index contributed by atoms with van der Waals surface area (Å²) in [5.41, 5.74) is 0. The average molecular weight is 170 g/mol. The fourth-order valence-electron chi connectivity index (χ4n) is 1.98. The lowest BCUT2D eigenvalue weighted by molar-refractivity contribution is -0.119. The topological polar surface area (TPSA) is 37.3 Å². The summed E-state index contributed by atoms with van der Waals surface area (Å²) in [6.45, 7) is 1.55. The number of rotatable bonds is 3. The van der Waals surface area contributed by atoms with Gasteiger partial charge in [0.15, 0.2) is 0 Å². The third-order valence-corrected chi connectivity index (χ3v) is 2.69. The molecule has 0 aliphatic heterocycles. The molecular formula is C10H18O2. The Balaban J connectivity index is 2.29. The lowest BCUT2D eigenvalue weighted by Gasteiger charge is -2.25. The molecule has 0 aromatic heterocycles. The number of carbonyl (C=O) groups excluding carboxylic acids is 1. The standard InChI is InChI=1S/C10H18O2/c1-8(11)7-10(12)9-5-3-2-4-6-9/h9-10,12H,2-7H2,1H3/t10-/m1/s1. The fourth-order valence-corrected chi connectivity index (χ4v) is 1.98. The minimum Gasteiger partial charge on any atom is -0.392 e. The molecule has 0 spiro atoms. The second-order valence-corrected chi connectivity index (χ2v) is 3.87. The minimum absolute atomic E-state index is 0.105. The van der Waals surface area contributed by atoms with E-state index < -0.39 is 0 Å². The first-order chi connectivity index (χ1) is 5.70. The van der Waals surface area contributed by atoms with Crippen molar-refractivity contribution in [1.82, 2.24) is 0 Å². The summed E-state index contributed by atoms with van der Waals surface area (Å²) in [4.78, 5) is 10.7. The largest absolute Gasteiger partial charge is 0.392 e. The number of aliphatic hydroxyl groups is 1. The maximum absolute atomic E-state index is 10.7. The Morgan fingerprint density at radius 2 is 2.00 bits per heavy atom. The molecule has 1 saturated carbocycles. The van der Waals surface area contributed by atoms with Crippen LogP contribution >= 0.6 is 0 Å².